The molecule has 0 spiro atoms. The third-order valence-corrected chi connectivity index (χ3v) is 2.96. The number of halogens is 1. The van der Waals surface area contributed by atoms with E-state index in [1.54, 1.807) is 6.07 Å². The van der Waals surface area contributed by atoms with Gasteiger partial charge in [0.2, 0.25) is 0 Å². The number of methoxy groups -OCH3 is 1. The van der Waals surface area contributed by atoms with E-state index >= 15 is 0 Å². The SMILES string of the molecule is CCc1cccc2cc(C(=O)OC)c(Cl)nc12. The van der Waals surface area contributed by atoms with Crippen molar-refractivity contribution in [2.45, 2.75) is 13.3 Å². The molecule has 0 N–H and O–H groups in total. The number of aryl methyl sites for hydroxylation is 1. The van der Waals surface area contributed by atoms with Gasteiger partial charge in [0.05, 0.1) is 18.2 Å². The van der Waals surface area contributed by atoms with Gasteiger partial charge < -0.3 is 4.74 Å². The van der Waals surface area contributed by atoms with E-state index in [0.29, 0.717) is 5.56 Å². The number of carbonyl (C=O) groups is 1. The Morgan fingerprint density at radius 1 is 1.47 bits per heavy atom. The summed E-state index contributed by atoms with van der Waals surface area (Å²) in [6, 6.07) is 7.57. The van der Waals surface area contributed by atoms with Crippen molar-refractivity contribution in [3.8, 4) is 0 Å². The number of benzene rings is 1. The van der Waals surface area contributed by atoms with Crippen LogP contribution in [0.25, 0.3) is 10.9 Å². The first kappa shape index (κ1) is 11.9. The van der Waals surface area contributed by atoms with Gasteiger partial charge >= 0.3 is 5.97 Å². The van der Waals surface area contributed by atoms with Gasteiger partial charge in [-0.05, 0) is 18.1 Å². The summed E-state index contributed by atoms with van der Waals surface area (Å²) in [5, 5.41) is 1.08. The summed E-state index contributed by atoms with van der Waals surface area (Å²) in [5.41, 5.74) is 2.25. The van der Waals surface area contributed by atoms with Gasteiger partial charge in [0.1, 0.15) is 5.15 Å². The fraction of sp³-hybridized carbons (Fsp3) is 0.231. The van der Waals surface area contributed by atoms with Crippen molar-refractivity contribution in [3.05, 3.63) is 40.5 Å². The van der Waals surface area contributed by atoms with Gasteiger partial charge in [-0.1, -0.05) is 36.7 Å². The second kappa shape index (κ2) is 4.72. The van der Waals surface area contributed by atoms with Crippen molar-refractivity contribution < 1.29 is 9.53 Å². The Bertz CT molecular complexity index is 581. The second-order valence-electron chi connectivity index (χ2n) is 3.66. The number of ether oxygens (including phenoxy) is 1. The molecule has 0 bridgehead atoms. The molecule has 1 heterocycles. The molecule has 0 saturated heterocycles. The van der Waals surface area contributed by atoms with Crippen molar-refractivity contribution >= 4 is 28.5 Å². The molecular weight excluding hydrogens is 238 g/mol. The Hall–Kier alpha value is -1.61. The molecule has 0 radical (unpaired) electrons. The Balaban J connectivity index is 2.70. The van der Waals surface area contributed by atoms with Crippen LogP contribution in [0.1, 0.15) is 22.8 Å². The van der Waals surface area contributed by atoms with Gasteiger partial charge in [0.15, 0.2) is 0 Å². The van der Waals surface area contributed by atoms with Gasteiger partial charge in [0.25, 0.3) is 0 Å². The van der Waals surface area contributed by atoms with Crippen LogP contribution in [0.4, 0.5) is 0 Å². The average Bonchev–Trinajstić information content (AvgIpc) is 2.36. The number of para-hydroxylation sites is 1. The van der Waals surface area contributed by atoms with Gasteiger partial charge in [0, 0.05) is 5.39 Å². The van der Waals surface area contributed by atoms with Crippen molar-refractivity contribution in [1.29, 1.82) is 0 Å². The van der Waals surface area contributed by atoms with Crippen LogP contribution in [0.3, 0.4) is 0 Å². The molecule has 2 rings (SSSR count). The molecule has 1 aromatic heterocycles. The van der Waals surface area contributed by atoms with Crippen LogP contribution in [-0.4, -0.2) is 18.1 Å². The van der Waals surface area contributed by atoms with Crippen molar-refractivity contribution in [2.75, 3.05) is 7.11 Å². The lowest BCUT2D eigenvalue weighted by Gasteiger charge is -2.07. The quantitative estimate of drug-likeness (QED) is 0.606. The zero-order chi connectivity index (χ0) is 12.4. The van der Waals surface area contributed by atoms with Gasteiger partial charge in [-0.2, -0.15) is 0 Å². The zero-order valence-electron chi connectivity index (χ0n) is 9.66. The second-order valence-corrected chi connectivity index (χ2v) is 4.02. The minimum atomic E-state index is -0.466. The topological polar surface area (TPSA) is 39.2 Å². The average molecular weight is 250 g/mol. The number of esters is 1. The molecule has 88 valence electrons. The number of rotatable bonds is 2. The normalized spacial score (nSPS) is 10.5. The summed E-state index contributed by atoms with van der Waals surface area (Å²) < 4.78 is 4.66. The van der Waals surface area contributed by atoms with Crippen LogP contribution in [0.15, 0.2) is 24.3 Å². The maximum atomic E-state index is 11.5. The summed E-state index contributed by atoms with van der Waals surface area (Å²) in [6.07, 6.45) is 0.873. The molecule has 0 aliphatic carbocycles. The lowest BCUT2D eigenvalue weighted by Crippen LogP contribution is -2.04. The Labute approximate surface area is 104 Å². The smallest absolute Gasteiger partial charge is 0.341 e. The first-order valence-corrected chi connectivity index (χ1v) is 5.71. The van der Waals surface area contributed by atoms with E-state index in [9.17, 15) is 4.79 Å². The van der Waals surface area contributed by atoms with E-state index < -0.39 is 5.97 Å². The van der Waals surface area contributed by atoms with Crippen LogP contribution in [-0.2, 0) is 11.2 Å². The third-order valence-electron chi connectivity index (χ3n) is 2.67. The summed E-state index contributed by atoms with van der Waals surface area (Å²) in [5.74, 6) is -0.466. The van der Waals surface area contributed by atoms with Gasteiger partial charge in [-0.3, -0.25) is 0 Å². The number of hydrogen-bond donors (Lipinski definition) is 0. The largest absolute Gasteiger partial charge is 0.465 e. The molecule has 0 amide bonds. The molecule has 0 fully saturated rings. The predicted octanol–water partition coefficient (Wildman–Crippen LogP) is 3.24. The fourth-order valence-corrected chi connectivity index (χ4v) is 1.99. The van der Waals surface area contributed by atoms with Gasteiger partial charge in [-0.15, -0.1) is 0 Å². The molecule has 3 nitrogen and oxygen atoms in total. The molecule has 0 unspecified atom stereocenters. The minimum Gasteiger partial charge on any atom is -0.465 e. The molecule has 1 aromatic carbocycles. The highest BCUT2D eigenvalue weighted by Gasteiger charge is 2.14. The third kappa shape index (κ3) is 2.11. The van der Waals surface area contributed by atoms with Crippen LogP contribution in [0.5, 0.6) is 0 Å². The van der Waals surface area contributed by atoms with Crippen LogP contribution >= 0.6 is 11.6 Å². The Morgan fingerprint density at radius 3 is 2.88 bits per heavy atom. The summed E-state index contributed by atoms with van der Waals surface area (Å²) in [6.45, 7) is 2.05. The zero-order valence-corrected chi connectivity index (χ0v) is 10.4. The molecule has 0 atom stereocenters. The highest BCUT2D eigenvalue weighted by molar-refractivity contribution is 6.33. The summed E-state index contributed by atoms with van der Waals surface area (Å²) in [7, 11) is 1.32. The molecule has 17 heavy (non-hydrogen) atoms. The number of nitrogens with zero attached hydrogens (tertiary/aromatic N) is 1. The first-order valence-electron chi connectivity index (χ1n) is 5.33. The number of pyridine rings is 1. The van der Waals surface area contributed by atoms with Crippen molar-refractivity contribution in [1.82, 2.24) is 4.98 Å². The minimum absolute atomic E-state index is 0.185. The van der Waals surface area contributed by atoms with Crippen molar-refractivity contribution in [3.63, 3.8) is 0 Å². The molecule has 4 heteroatoms. The molecule has 2 aromatic rings. The first-order chi connectivity index (χ1) is 8.17. The number of hydrogen-bond acceptors (Lipinski definition) is 3. The van der Waals surface area contributed by atoms with E-state index in [-0.39, 0.29) is 5.15 Å². The number of aromatic nitrogens is 1. The molecule has 0 aliphatic heterocycles. The van der Waals surface area contributed by atoms with Gasteiger partial charge in [-0.25, -0.2) is 9.78 Å². The Morgan fingerprint density at radius 2 is 2.24 bits per heavy atom. The standard InChI is InChI=1S/C13H12ClNO2/c1-3-8-5-4-6-9-7-10(13(16)17-2)12(14)15-11(8)9/h4-7H,3H2,1-2H3. The van der Waals surface area contributed by atoms with E-state index in [0.717, 1.165) is 22.9 Å². The highest BCUT2D eigenvalue weighted by Crippen LogP contribution is 2.24. The van der Waals surface area contributed by atoms with E-state index in [1.807, 2.05) is 18.2 Å². The summed E-state index contributed by atoms with van der Waals surface area (Å²) >= 11 is 5.99. The fourth-order valence-electron chi connectivity index (χ4n) is 1.78. The molecular formula is C13H12ClNO2. The molecule has 0 aliphatic rings. The van der Waals surface area contributed by atoms with E-state index in [1.165, 1.54) is 7.11 Å². The lowest BCUT2D eigenvalue weighted by molar-refractivity contribution is 0.0600. The van der Waals surface area contributed by atoms with Crippen LogP contribution < -0.4 is 0 Å². The van der Waals surface area contributed by atoms with Crippen LogP contribution in [0, 0.1) is 0 Å². The maximum absolute atomic E-state index is 11.5. The lowest BCUT2D eigenvalue weighted by atomic mass is 10.1. The molecule has 0 saturated carbocycles. The monoisotopic (exact) mass is 249 g/mol. The highest BCUT2D eigenvalue weighted by atomic mass is 35.5. The van der Waals surface area contributed by atoms with E-state index in [4.69, 9.17) is 11.6 Å². The van der Waals surface area contributed by atoms with E-state index in [2.05, 4.69) is 16.6 Å². The van der Waals surface area contributed by atoms with Crippen LogP contribution in [0.2, 0.25) is 5.15 Å². The summed E-state index contributed by atoms with van der Waals surface area (Å²) in [4.78, 5) is 15.8. The number of carbonyl (C=O) groups excluding carboxylic acids is 1. The predicted molar refractivity (Wildman–Crippen MR) is 67.5 cm³/mol. The maximum Gasteiger partial charge on any atom is 0.341 e. The number of fused-ring (bicyclic) bond motifs is 1. The van der Waals surface area contributed by atoms with Crippen molar-refractivity contribution in [2.24, 2.45) is 0 Å². The Kier molecular flexibility index (Phi) is 3.29.